The average molecular weight is 432 g/mol. The van der Waals surface area contributed by atoms with Crippen LogP contribution in [0.3, 0.4) is 0 Å². The fourth-order valence-electron chi connectivity index (χ4n) is 2.63. The topological polar surface area (TPSA) is 50.7 Å². The Morgan fingerprint density at radius 2 is 1.96 bits per heavy atom. The van der Waals surface area contributed by atoms with Gasteiger partial charge < -0.3 is 4.74 Å². The van der Waals surface area contributed by atoms with Gasteiger partial charge in [0.25, 0.3) is 0 Å². The Morgan fingerprint density at radius 3 is 2.69 bits per heavy atom. The molecule has 0 aromatic heterocycles. The molecule has 3 aromatic rings. The second-order valence-electron chi connectivity index (χ2n) is 5.62. The lowest BCUT2D eigenvalue weighted by molar-refractivity contribution is -0.120. The Kier molecular flexibility index (Phi) is 5.91. The van der Waals surface area contributed by atoms with Gasteiger partial charge >= 0.3 is 0 Å². The Hall–Kier alpha value is -2.37. The molecule has 4 nitrogen and oxygen atoms in total. The fourth-order valence-corrected chi connectivity index (χ4v) is 3.38. The van der Waals surface area contributed by atoms with Crippen molar-refractivity contribution in [2.24, 2.45) is 5.10 Å². The van der Waals surface area contributed by atoms with Crippen molar-refractivity contribution in [3.63, 3.8) is 0 Å². The van der Waals surface area contributed by atoms with E-state index in [0.717, 1.165) is 26.4 Å². The number of carbonyl (C=O) groups excluding carboxylic acids is 1. The molecule has 0 saturated carbocycles. The van der Waals surface area contributed by atoms with Crippen molar-refractivity contribution >= 4 is 50.4 Å². The van der Waals surface area contributed by atoms with Crippen LogP contribution in [0.5, 0.6) is 5.75 Å². The smallest absolute Gasteiger partial charge is 0.244 e. The molecule has 0 aliphatic rings. The molecular formula is C20H16BrClN2O2. The third-order valence-electron chi connectivity index (χ3n) is 3.89. The van der Waals surface area contributed by atoms with E-state index in [1.54, 1.807) is 25.5 Å². The van der Waals surface area contributed by atoms with Gasteiger partial charge in [-0.2, -0.15) is 5.10 Å². The third-order valence-corrected chi connectivity index (χ3v) is 4.88. The monoisotopic (exact) mass is 430 g/mol. The maximum Gasteiger partial charge on any atom is 0.244 e. The number of hydrazone groups is 1. The number of amides is 1. The molecule has 0 bridgehead atoms. The number of hydrogen-bond donors (Lipinski definition) is 1. The molecule has 0 aliphatic carbocycles. The molecular weight excluding hydrogens is 416 g/mol. The number of nitrogens with one attached hydrogen (secondary N) is 1. The number of ether oxygens (including phenoxy) is 1. The maximum absolute atomic E-state index is 12.2. The molecule has 0 atom stereocenters. The van der Waals surface area contributed by atoms with Crippen LogP contribution in [0.25, 0.3) is 10.8 Å². The molecule has 6 heteroatoms. The molecule has 3 rings (SSSR count). The molecule has 0 fully saturated rings. The number of hydrogen-bond acceptors (Lipinski definition) is 3. The number of methoxy groups -OCH3 is 1. The van der Waals surface area contributed by atoms with E-state index >= 15 is 0 Å². The zero-order chi connectivity index (χ0) is 18.5. The van der Waals surface area contributed by atoms with E-state index in [0.29, 0.717) is 10.8 Å². The van der Waals surface area contributed by atoms with Gasteiger partial charge in [-0.1, -0.05) is 57.9 Å². The summed E-state index contributed by atoms with van der Waals surface area (Å²) in [4.78, 5) is 12.2. The minimum atomic E-state index is -0.187. The minimum absolute atomic E-state index is 0.187. The summed E-state index contributed by atoms with van der Waals surface area (Å²) >= 11 is 9.61. The van der Waals surface area contributed by atoms with Crippen LogP contribution in [0.2, 0.25) is 5.02 Å². The summed E-state index contributed by atoms with van der Waals surface area (Å²) in [6.45, 7) is 0. The number of benzene rings is 3. The molecule has 0 unspecified atom stereocenters. The lowest BCUT2D eigenvalue weighted by Gasteiger charge is -2.07. The second kappa shape index (κ2) is 8.34. The van der Waals surface area contributed by atoms with Gasteiger partial charge in [-0.05, 0) is 46.2 Å². The van der Waals surface area contributed by atoms with Crippen molar-refractivity contribution < 1.29 is 9.53 Å². The fraction of sp³-hybridized carbons (Fsp3) is 0.100. The molecule has 0 saturated heterocycles. The van der Waals surface area contributed by atoms with Gasteiger partial charge in [0.2, 0.25) is 5.91 Å². The first kappa shape index (κ1) is 18.4. The van der Waals surface area contributed by atoms with E-state index in [-0.39, 0.29) is 12.3 Å². The Morgan fingerprint density at radius 1 is 1.19 bits per heavy atom. The summed E-state index contributed by atoms with van der Waals surface area (Å²) in [5.41, 5.74) is 4.27. The zero-order valence-electron chi connectivity index (χ0n) is 14.0. The molecule has 0 heterocycles. The van der Waals surface area contributed by atoms with Gasteiger partial charge in [0.15, 0.2) is 0 Å². The van der Waals surface area contributed by atoms with E-state index in [2.05, 4.69) is 26.5 Å². The predicted octanol–water partition coefficient (Wildman–Crippen LogP) is 4.96. The Labute approximate surface area is 164 Å². The Bertz CT molecular complexity index is 989. The highest BCUT2D eigenvalue weighted by molar-refractivity contribution is 9.10. The van der Waals surface area contributed by atoms with Crippen LogP contribution in [0.4, 0.5) is 0 Å². The van der Waals surface area contributed by atoms with Gasteiger partial charge in [-0.25, -0.2) is 5.43 Å². The summed E-state index contributed by atoms with van der Waals surface area (Å²) in [7, 11) is 1.56. The van der Waals surface area contributed by atoms with E-state index in [4.69, 9.17) is 16.3 Å². The number of fused-ring (bicyclic) bond motifs is 1. The molecule has 0 aliphatic heterocycles. The normalized spacial score (nSPS) is 11.0. The van der Waals surface area contributed by atoms with E-state index in [1.807, 2.05) is 42.5 Å². The maximum atomic E-state index is 12.2. The van der Waals surface area contributed by atoms with Crippen molar-refractivity contribution in [1.82, 2.24) is 5.43 Å². The zero-order valence-corrected chi connectivity index (χ0v) is 16.3. The molecule has 132 valence electrons. The lowest BCUT2D eigenvalue weighted by atomic mass is 10.0. The molecule has 0 spiro atoms. The van der Waals surface area contributed by atoms with E-state index in [9.17, 15) is 4.79 Å². The van der Waals surface area contributed by atoms with Crippen molar-refractivity contribution in [3.8, 4) is 5.75 Å². The first-order valence-corrected chi connectivity index (χ1v) is 9.07. The van der Waals surface area contributed by atoms with Crippen LogP contribution in [-0.4, -0.2) is 19.2 Å². The Balaban J connectivity index is 1.68. The SMILES string of the molecule is COc1ccc(/C=N\NC(=O)Cc2ccc(Br)c3ccccc23)cc1Cl. The van der Waals surface area contributed by atoms with Crippen molar-refractivity contribution in [3.05, 3.63) is 75.2 Å². The first-order valence-electron chi connectivity index (χ1n) is 7.90. The van der Waals surface area contributed by atoms with Crippen molar-refractivity contribution in [2.75, 3.05) is 7.11 Å². The molecule has 1 N–H and O–H groups in total. The summed E-state index contributed by atoms with van der Waals surface area (Å²) in [6, 6.07) is 17.1. The van der Waals surface area contributed by atoms with Gasteiger partial charge in [-0.15, -0.1) is 0 Å². The van der Waals surface area contributed by atoms with Crippen LogP contribution in [0.15, 0.2) is 64.2 Å². The van der Waals surface area contributed by atoms with Crippen molar-refractivity contribution in [2.45, 2.75) is 6.42 Å². The number of nitrogens with zero attached hydrogens (tertiary/aromatic N) is 1. The highest BCUT2D eigenvalue weighted by Gasteiger charge is 2.08. The largest absolute Gasteiger partial charge is 0.495 e. The molecule has 3 aromatic carbocycles. The second-order valence-corrected chi connectivity index (χ2v) is 6.88. The minimum Gasteiger partial charge on any atom is -0.495 e. The predicted molar refractivity (Wildman–Crippen MR) is 109 cm³/mol. The number of rotatable bonds is 5. The van der Waals surface area contributed by atoms with Crippen molar-refractivity contribution in [1.29, 1.82) is 0 Å². The molecule has 26 heavy (non-hydrogen) atoms. The standard InChI is InChI=1S/C20H16BrClN2O2/c1-26-19-9-6-13(10-18(19)22)12-23-24-20(25)11-14-7-8-17(21)16-5-3-2-4-15(14)16/h2-10,12H,11H2,1H3,(H,24,25)/b23-12-. The molecule has 0 radical (unpaired) electrons. The van der Waals surface area contributed by atoms with Gasteiger partial charge in [-0.3, -0.25) is 4.79 Å². The van der Waals surface area contributed by atoms with Gasteiger partial charge in [0, 0.05) is 4.47 Å². The van der Waals surface area contributed by atoms with Crippen LogP contribution < -0.4 is 10.2 Å². The van der Waals surface area contributed by atoms with Crippen LogP contribution in [0, 0.1) is 0 Å². The number of halogens is 2. The summed E-state index contributed by atoms with van der Waals surface area (Å²) in [5, 5.41) is 6.61. The van der Waals surface area contributed by atoms with Crippen LogP contribution >= 0.6 is 27.5 Å². The summed E-state index contributed by atoms with van der Waals surface area (Å²) in [6.07, 6.45) is 1.79. The van der Waals surface area contributed by atoms with Crippen LogP contribution in [0.1, 0.15) is 11.1 Å². The number of carbonyl (C=O) groups is 1. The highest BCUT2D eigenvalue weighted by Crippen LogP contribution is 2.27. The van der Waals surface area contributed by atoms with Gasteiger partial charge in [0.05, 0.1) is 24.8 Å². The summed E-state index contributed by atoms with van der Waals surface area (Å²) < 4.78 is 6.11. The van der Waals surface area contributed by atoms with Crippen LogP contribution in [-0.2, 0) is 11.2 Å². The first-order chi connectivity index (χ1) is 12.6. The van der Waals surface area contributed by atoms with Gasteiger partial charge in [0.1, 0.15) is 5.75 Å². The third kappa shape index (κ3) is 4.23. The average Bonchev–Trinajstić information content (AvgIpc) is 2.64. The quantitative estimate of drug-likeness (QED) is 0.459. The molecule has 1 amide bonds. The highest BCUT2D eigenvalue weighted by atomic mass is 79.9. The van der Waals surface area contributed by atoms with E-state index < -0.39 is 0 Å². The van der Waals surface area contributed by atoms with E-state index in [1.165, 1.54) is 0 Å². The summed E-state index contributed by atoms with van der Waals surface area (Å²) in [5.74, 6) is 0.406. The lowest BCUT2D eigenvalue weighted by Crippen LogP contribution is -2.19.